The fraction of sp³-hybridized carbons (Fsp3) is 0.500. The number of anilines is 1. The van der Waals surface area contributed by atoms with E-state index in [2.05, 4.69) is 5.32 Å². The van der Waals surface area contributed by atoms with Crippen molar-refractivity contribution in [3.8, 4) is 6.07 Å². The molecule has 0 bridgehead atoms. The monoisotopic (exact) mass is 275 g/mol. The number of nitriles is 1. The van der Waals surface area contributed by atoms with Crippen LogP contribution in [0, 0.1) is 33.3 Å². The summed E-state index contributed by atoms with van der Waals surface area (Å²) in [6, 6.07) is 6.31. The van der Waals surface area contributed by atoms with Gasteiger partial charge >= 0.3 is 0 Å². The maximum absolute atomic E-state index is 11.0. The number of hydrogen-bond acceptors (Lipinski definition) is 5. The molecular formula is C14H17N3O3. The molecule has 2 atom stereocenters. The first-order valence-corrected chi connectivity index (χ1v) is 6.69. The lowest BCUT2D eigenvalue weighted by molar-refractivity contribution is -0.384. The van der Waals surface area contributed by atoms with Crippen molar-refractivity contribution in [3.63, 3.8) is 0 Å². The second-order valence-corrected chi connectivity index (χ2v) is 5.12. The smallest absolute Gasteiger partial charge is 0.293 e. The number of nitrogens with zero attached hydrogens (tertiary/aromatic N) is 2. The number of nitro benzene ring substituents is 1. The largest absolute Gasteiger partial charge is 0.396 e. The van der Waals surface area contributed by atoms with Crippen LogP contribution < -0.4 is 5.32 Å². The Balaban J connectivity index is 2.09. The number of aliphatic hydroxyl groups excluding tert-OH is 1. The molecule has 0 aliphatic heterocycles. The Bertz CT molecular complexity index is 539. The Labute approximate surface area is 117 Å². The first-order chi connectivity index (χ1) is 9.65. The molecule has 0 spiro atoms. The number of nitro groups is 1. The van der Waals surface area contributed by atoms with Gasteiger partial charge in [0.1, 0.15) is 5.69 Å². The Morgan fingerprint density at radius 2 is 2.20 bits per heavy atom. The first kappa shape index (κ1) is 14.3. The zero-order chi connectivity index (χ0) is 14.5. The van der Waals surface area contributed by atoms with Crippen molar-refractivity contribution in [1.82, 2.24) is 0 Å². The molecule has 0 aromatic heterocycles. The Morgan fingerprint density at radius 1 is 1.45 bits per heavy atom. The molecule has 2 N–H and O–H groups in total. The van der Waals surface area contributed by atoms with Crippen LogP contribution in [0.1, 0.15) is 24.8 Å². The van der Waals surface area contributed by atoms with Crippen LogP contribution in [0.25, 0.3) is 0 Å². The van der Waals surface area contributed by atoms with Gasteiger partial charge in [-0.25, -0.2) is 0 Å². The molecule has 0 heterocycles. The second-order valence-electron chi connectivity index (χ2n) is 5.12. The van der Waals surface area contributed by atoms with Gasteiger partial charge in [0.15, 0.2) is 0 Å². The maximum Gasteiger partial charge on any atom is 0.293 e. The lowest BCUT2D eigenvalue weighted by Gasteiger charge is -2.18. The molecule has 106 valence electrons. The van der Waals surface area contributed by atoms with Crippen LogP contribution in [-0.2, 0) is 0 Å². The van der Waals surface area contributed by atoms with E-state index in [0.29, 0.717) is 18.2 Å². The minimum absolute atomic E-state index is 0.0809. The summed E-state index contributed by atoms with van der Waals surface area (Å²) in [7, 11) is 0. The highest BCUT2D eigenvalue weighted by Crippen LogP contribution is 2.32. The van der Waals surface area contributed by atoms with Gasteiger partial charge in [0.05, 0.1) is 16.6 Å². The molecule has 0 amide bonds. The number of benzene rings is 1. The average Bonchev–Trinajstić information content (AvgIpc) is 2.92. The van der Waals surface area contributed by atoms with Gasteiger partial charge in [0.2, 0.25) is 0 Å². The number of aliphatic hydroxyl groups is 1. The summed E-state index contributed by atoms with van der Waals surface area (Å²) in [4.78, 5) is 10.5. The maximum atomic E-state index is 11.0. The van der Waals surface area contributed by atoms with Gasteiger partial charge in [-0.1, -0.05) is 6.42 Å². The normalized spacial score (nSPS) is 21.4. The highest BCUT2D eigenvalue weighted by molar-refractivity contribution is 5.64. The molecule has 1 aromatic carbocycles. The highest BCUT2D eigenvalue weighted by atomic mass is 16.6. The third-order valence-electron chi connectivity index (χ3n) is 3.93. The third kappa shape index (κ3) is 3.06. The summed E-state index contributed by atoms with van der Waals surface area (Å²) in [5.74, 6) is 0.621. The Morgan fingerprint density at radius 3 is 2.85 bits per heavy atom. The quantitative estimate of drug-likeness (QED) is 0.634. The van der Waals surface area contributed by atoms with E-state index in [9.17, 15) is 15.2 Å². The molecule has 1 saturated carbocycles. The summed E-state index contributed by atoms with van der Waals surface area (Å²) < 4.78 is 0. The van der Waals surface area contributed by atoms with Crippen molar-refractivity contribution < 1.29 is 10.0 Å². The number of hydrogen-bond donors (Lipinski definition) is 2. The molecule has 0 radical (unpaired) electrons. The summed E-state index contributed by atoms with van der Waals surface area (Å²) in [6.45, 7) is 0.778. The SMILES string of the molecule is N#Cc1ccc(NCC2CCCC2CO)c([N+](=O)[O-])c1. The minimum Gasteiger partial charge on any atom is -0.396 e. The molecule has 0 saturated heterocycles. The van der Waals surface area contributed by atoms with Crippen molar-refractivity contribution in [1.29, 1.82) is 5.26 Å². The molecule has 2 unspecified atom stereocenters. The van der Waals surface area contributed by atoms with Crippen molar-refractivity contribution >= 4 is 11.4 Å². The van der Waals surface area contributed by atoms with Crippen LogP contribution in [0.5, 0.6) is 0 Å². The topological polar surface area (TPSA) is 99.2 Å². The molecule has 6 heteroatoms. The number of rotatable bonds is 5. The molecular weight excluding hydrogens is 258 g/mol. The number of nitrogens with one attached hydrogen (secondary N) is 1. The molecule has 1 fully saturated rings. The van der Waals surface area contributed by atoms with E-state index in [-0.39, 0.29) is 23.8 Å². The lowest BCUT2D eigenvalue weighted by atomic mass is 9.97. The van der Waals surface area contributed by atoms with E-state index in [1.807, 2.05) is 6.07 Å². The van der Waals surface area contributed by atoms with Gasteiger partial charge in [0, 0.05) is 19.2 Å². The zero-order valence-corrected chi connectivity index (χ0v) is 11.1. The van der Waals surface area contributed by atoms with E-state index in [1.54, 1.807) is 12.1 Å². The van der Waals surface area contributed by atoms with Crippen molar-refractivity contribution in [3.05, 3.63) is 33.9 Å². The van der Waals surface area contributed by atoms with Gasteiger partial charge in [-0.15, -0.1) is 0 Å². The standard InChI is InChI=1S/C14H17N3O3/c15-7-10-4-5-13(14(6-10)17(19)20)16-8-11-2-1-3-12(11)9-18/h4-6,11-12,16,18H,1-3,8-9H2. The fourth-order valence-corrected chi connectivity index (χ4v) is 2.77. The Hall–Kier alpha value is -2.13. The Kier molecular flexibility index (Phi) is 4.53. The third-order valence-corrected chi connectivity index (χ3v) is 3.93. The van der Waals surface area contributed by atoms with E-state index < -0.39 is 4.92 Å². The zero-order valence-electron chi connectivity index (χ0n) is 11.1. The van der Waals surface area contributed by atoms with Crippen LogP contribution in [0.3, 0.4) is 0 Å². The van der Waals surface area contributed by atoms with E-state index in [4.69, 9.17) is 5.26 Å². The highest BCUT2D eigenvalue weighted by Gasteiger charge is 2.27. The molecule has 1 aromatic rings. The molecule has 6 nitrogen and oxygen atoms in total. The first-order valence-electron chi connectivity index (χ1n) is 6.69. The summed E-state index contributed by atoms with van der Waals surface area (Å²) in [5.41, 5.74) is 0.622. The predicted molar refractivity (Wildman–Crippen MR) is 74.2 cm³/mol. The minimum atomic E-state index is -0.485. The molecule has 1 aliphatic rings. The van der Waals surface area contributed by atoms with E-state index in [1.165, 1.54) is 6.07 Å². The van der Waals surface area contributed by atoms with Gasteiger partial charge < -0.3 is 10.4 Å². The average molecular weight is 275 g/mol. The van der Waals surface area contributed by atoms with E-state index in [0.717, 1.165) is 19.3 Å². The summed E-state index contributed by atoms with van der Waals surface area (Å²) >= 11 is 0. The molecule has 1 aliphatic carbocycles. The fourth-order valence-electron chi connectivity index (χ4n) is 2.77. The van der Waals surface area contributed by atoms with Crippen molar-refractivity contribution in [2.75, 3.05) is 18.5 Å². The van der Waals surface area contributed by atoms with Crippen LogP contribution in [0.15, 0.2) is 18.2 Å². The van der Waals surface area contributed by atoms with Crippen LogP contribution in [0.2, 0.25) is 0 Å². The second kappa shape index (κ2) is 6.35. The molecule has 2 rings (SSSR count). The van der Waals surface area contributed by atoms with Gasteiger partial charge in [-0.05, 0) is 36.8 Å². The van der Waals surface area contributed by atoms with Gasteiger partial charge in [-0.3, -0.25) is 10.1 Å². The molecule has 20 heavy (non-hydrogen) atoms. The van der Waals surface area contributed by atoms with Crippen LogP contribution >= 0.6 is 0 Å². The van der Waals surface area contributed by atoms with Crippen molar-refractivity contribution in [2.24, 2.45) is 11.8 Å². The predicted octanol–water partition coefficient (Wildman–Crippen LogP) is 2.29. The van der Waals surface area contributed by atoms with Gasteiger partial charge in [0.25, 0.3) is 5.69 Å². The lowest BCUT2D eigenvalue weighted by Crippen LogP contribution is -2.21. The summed E-state index contributed by atoms with van der Waals surface area (Å²) in [5, 5.41) is 32.2. The van der Waals surface area contributed by atoms with Crippen molar-refractivity contribution in [2.45, 2.75) is 19.3 Å². The van der Waals surface area contributed by atoms with Crippen LogP contribution in [0.4, 0.5) is 11.4 Å². The van der Waals surface area contributed by atoms with E-state index >= 15 is 0 Å². The van der Waals surface area contributed by atoms with Crippen LogP contribution in [-0.4, -0.2) is 23.2 Å². The van der Waals surface area contributed by atoms with Gasteiger partial charge in [-0.2, -0.15) is 5.26 Å². The summed E-state index contributed by atoms with van der Waals surface area (Å²) in [6.07, 6.45) is 3.13.